The highest BCUT2D eigenvalue weighted by molar-refractivity contribution is 6.79. The summed E-state index contributed by atoms with van der Waals surface area (Å²) >= 11 is 86.3. The summed E-state index contributed by atoms with van der Waals surface area (Å²) in [6.45, 7) is 1.76. The van der Waals surface area contributed by atoms with Gasteiger partial charge in [-0.05, 0) is 23.1 Å². The van der Waals surface area contributed by atoms with Crippen LogP contribution in [0.5, 0.6) is 0 Å². The Hall–Kier alpha value is 3.24. The normalized spacial score (nSPS) is 15.9. The van der Waals surface area contributed by atoms with Crippen molar-refractivity contribution < 1.29 is 5.11 Å². The number of benzene rings is 1. The molecule has 1 aromatic rings. The first-order valence-electron chi connectivity index (χ1n) is 8.03. The lowest BCUT2D eigenvalue weighted by Gasteiger charge is -2.42. The monoisotopic (exact) mass is 709 g/mol. The molecule has 0 aliphatic carbocycles. The van der Waals surface area contributed by atoms with E-state index in [-0.39, 0.29) is 23.1 Å². The SMILES string of the molecule is CCCC([O])c1c(C(Cl)(Cl)C(Cl)(Cl)C(Cl)(Cl)Cl)cccc1C(Cl)(Cl)C(Cl)(Cl)C(Cl)(Cl)Cl. The molecular formula is C16H11Cl14O. The predicted octanol–water partition coefficient (Wildman–Crippen LogP) is 11.3. The third-order valence-corrected chi connectivity index (χ3v) is 12.0. The first-order chi connectivity index (χ1) is 13.6. The molecule has 0 fully saturated rings. The van der Waals surface area contributed by atoms with Crippen LogP contribution < -0.4 is 0 Å². The van der Waals surface area contributed by atoms with E-state index in [2.05, 4.69) is 0 Å². The number of hydrogen-bond acceptors (Lipinski definition) is 0. The second-order valence-corrected chi connectivity index (χ2v) is 16.2. The van der Waals surface area contributed by atoms with Crippen LogP contribution >= 0.6 is 162 Å². The van der Waals surface area contributed by atoms with Gasteiger partial charge in [0, 0.05) is 0 Å². The summed E-state index contributed by atoms with van der Waals surface area (Å²) in [6.07, 6.45) is -0.996. The lowest BCUT2D eigenvalue weighted by atomic mass is 9.88. The van der Waals surface area contributed by atoms with Crippen molar-refractivity contribution in [1.82, 2.24) is 0 Å². The lowest BCUT2D eigenvalue weighted by molar-refractivity contribution is 0.0784. The van der Waals surface area contributed by atoms with Gasteiger partial charge in [0.25, 0.3) is 0 Å². The molecule has 1 unspecified atom stereocenters. The number of rotatable bonds is 7. The molecule has 179 valence electrons. The van der Waals surface area contributed by atoms with Gasteiger partial charge in [0.2, 0.25) is 16.3 Å². The quantitative estimate of drug-likeness (QED) is 0.251. The van der Waals surface area contributed by atoms with Gasteiger partial charge in [0.1, 0.15) is 6.10 Å². The minimum Gasteiger partial charge on any atom is -0.228 e. The maximum absolute atomic E-state index is 13.2. The molecule has 1 atom stereocenters. The van der Waals surface area contributed by atoms with Crippen LogP contribution in [-0.2, 0) is 13.8 Å². The van der Waals surface area contributed by atoms with Gasteiger partial charge < -0.3 is 0 Å². The van der Waals surface area contributed by atoms with Crippen LogP contribution in [0.1, 0.15) is 42.6 Å². The molecule has 0 aliphatic rings. The van der Waals surface area contributed by atoms with E-state index < -0.39 is 31.0 Å². The molecular weight excluding hydrogens is 705 g/mol. The fourth-order valence-electron chi connectivity index (χ4n) is 2.56. The lowest BCUT2D eigenvalue weighted by Crippen LogP contribution is -2.47. The van der Waals surface area contributed by atoms with Crippen LogP contribution in [0.3, 0.4) is 0 Å². The van der Waals surface area contributed by atoms with E-state index in [1.165, 1.54) is 18.2 Å². The third-order valence-electron chi connectivity index (χ3n) is 4.16. The Morgan fingerprint density at radius 2 is 1.00 bits per heavy atom. The van der Waals surface area contributed by atoms with Crippen molar-refractivity contribution >= 4 is 162 Å². The van der Waals surface area contributed by atoms with Crippen molar-refractivity contribution in [3.05, 3.63) is 34.9 Å². The summed E-state index contributed by atoms with van der Waals surface area (Å²) in [5.74, 6) is 0. The first-order valence-corrected chi connectivity index (χ1v) is 13.3. The van der Waals surface area contributed by atoms with Gasteiger partial charge in [0.05, 0.1) is 0 Å². The molecule has 0 aromatic heterocycles. The van der Waals surface area contributed by atoms with Gasteiger partial charge in [-0.15, -0.1) is 0 Å². The van der Waals surface area contributed by atoms with Crippen LogP contribution in [0.4, 0.5) is 0 Å². The van der Waals surface area contributed by atoms with Crippen LogP contribution in [0, 0.1) is 0 Å². The maximum Gasteiger partial charge on any atom is 0.226 e. The first kappa shape index (κ1) is 32.3. The molecule has 1 nitrogen and oxygen atoms in total. The molecule has 1 aromatic carbocycles. The Labute approximate surface area is 250 Å². The molecule has 0 aliphatic heterocycles. The summed E-state index contributed by atoms with van der Waals surface area (Å²) in [4.78, 5) is 0. The molecule has 0 saturated heterocycles. The molecule has 0 saturated carbocycles. The van der Waals surface area contributed by atoms with E-state index in [0.717, 1.165) is 0 Å². The van der Waals surface area contributed by atoms with Gasteiger partial charge in [0.15, 0.2) is 8.67 Å². The van der Waals surface area contributed by atoms with Crippen molar-refractivity contribution in [3.63, 3.8) is 0 Å². The standard InChI is InChI=1S/C16H11Cl14O/c1-2-4-9(31)10-7(11(17,18)13(21,22)15(25,26)27)5-3-6-8(10)12(19,20)14(23,24)16(28,29)30/h3,5-6,9H,2,4H2,1H3. The zero-order valence-corrected chi connectivity index (χ0v) is 25.5. The van der Waals surface area contributed by atoms with Gasteiger partial charge >= 0.3 is 0 Å². The van der Waals surface area contributed by atoms with Gasteiger partial charge in [-0.25, -0.2) is 5.11 Å². The molecule has 1 radical (unpaired) electrons. The molecule has 1 rings (SSSR count). The second kappa shape index (κ2) is 10.9. The van der Waals surface area contributed by atoms with Crippen molar-refractivity contribution in [2.45, 2.75) is 50.8 Å². The highest BCUT2D eigenvalue weighted by atomic mass is 35.6. The molecule has 0 spiro atoms. The van der Waals surface area contributed by atoms with E-state index in [4.69, 9.17) is 162 Å². The summed E-state index contributed by atoms with van der Waals surface area (Å²) < 4.78 is -14.4. The van der Waals surface area contributed by atoms with Crippen LogP contribution in [0.15, 0.2) is 18.2 Å². The zero-order valence-electron chi connectivity index (χ0n) is 14.9. The number of alkyl halides is 14. The molecule has 0 N–H and O–H groups in total. The van der Waals surface area contributed by atoms with Gasteiger partial charge in [-0.3, -0.25) is 0 Å². The van der Waals surface area contributed by atoms with Crippen LogP contribution in [0.2, 0.25) is 0 Å². The summed E-state index contributed by atoms with van der Waals surface area (Å²) in [6, 6.07) is 4.04. The van der Waals surface area contributed by atoms with Crippen molar-refractivity contribution in [3.8, 4) is 0 Å². The Morgan fingerprint density at radius 1 is 0.677 bits per heavy atom. The molecule has 15 heteroatoms. The van der Waals surface area contributed by atoms with Gasteiger partial charge in [-0.2, -0.15) is 0 Å². The average molecular weight is 716 g/mol. The third kappa shape index (κ3) is 6.22. The predicted molar refractivity (Wildman–Crippen MR) is 141 cm³/mol. The Morgan fingerprint density at radius 3 is 1.26 bits per heavy atom. The van der Waals surface area contributed by atoms with E-state index in [1.807, 2.05) is 0 Å². The summed E-state index contributed by atoms with van der Waals surface area (Å²) in [7, 11) is 0. The topological polar surface area (TPSA) is 19.9 Å². The Balaban J connectivity index is 4.01. The number of hydrogen-bond donors (Lipinski definition) is 0. The average Bonchev–Trinajstić information content (AvgIpc) is 2.58. The molecule has 31 heavy (non-hydrogen) atoms. The van der Waals surface area contributed by atoms with Crippen LogP contribution in [-0.4, -0.2) is 16.3 Å². The van der Waals surface area contributed by atoms with Crippen LogP contribution in [0.25, 0.3) is 0 Å². The minimum absolute atomic E-state index is 0.0778. The molecule has 0 amide bonds. The number of halogens is 14. The fourth-order valence-corrected chi connectivity index (χ4v) is 5.62. The van der Waals surface area contributed by atoms with E-state index >= 15 is 0 Å². The highest BCUT2D eigenvalue weighted by Gasteiger charge is 2.64. The Kier molecular flexibility index (Phi) is 11.4. The van der Waals surface area contributed by atoms with E-state index in [9.17, 15) is 5.11 Å². The second-order valence-electron chi connectivity index (χ2n) is 6.34. The largest absolute Gasteiger partial charge is 0.228 e. The minimum atomic E-state index is -2.46. The fraction of sp³-hybridized carbons (Fsp3) is 0.625. The zero-order chi connectivity index (χ0) is 24.8. The van der Waals surface area contributed by atoms with Crippen molar-refractivity contribution in [2.24, 2.45) is 0 Å². The van der Waals surface area contributed by atoms with E-state index in [0.29, 0.717) is 6.42 Å². The van der Waals surface area contributed by atoms with Gasteiger partial charge in [-0.1, -0.05) is 194 Å². The van der Waals surface area contributed by atoms with E-state index in [1.54, 1.807) is 6.92 Å². The Bertz CT molecular complexity index is 721. The maximum atomic E-state index is 13.2. The summed E-state index contributed by atoms with van der Waals surface area (Å²) in [5, 5.41) is 13.2. The molecule has 0 bridgehead atoms. The highest BCUT2D eigenvalue weighted by Crippen LogP contribution is 2.64. The summed E-state index contributed by atoms with van der Waals surface area (Å²) in [5.41, 5.74) is -0.464. The smallest absolute Gasteiger partial charge is 0.226 e. The molecule has 0 heterocycles. The van der Waals surface area contributed by atoms with Crippen molar-refractivity contribution in [1.29, 1.82) is 0 Å². The van der Waals surface area contributed by atoms with Crippen molar-refractivity contribution in [2.75, 3.05) is 0 Å².